The molecule has 0 bridgehead atoms. The zero-order valence-corrected chi connectivity index (χ0v) is 20.3. The number of aromatic nitrogens is 4. The van der Waals surface area contributed by atoms with Gasteiger partial charge in [0.15, 0.2) is 6.04 Å². The molecule has 0 radical (unpaired) electrons. The largest absolute Gasteiger partial charge is 0.352 e. The standard InChI is InChI=1S/C26H29FN6O2/c1-5-26(2,3)28-25(35)24(22-14-9-15-31(22)4)33(19-11-8-10-18(27)16-19)23(34)17-32-21-13-7-6-12-20(21)29-30-32/h6-16,24H,5,17H2,1-4H3,(H,28,35). The van der Waals surface area contributed by atoms with E-state index in [2.05, 4.69) is 15.6 Å². The first-order valence-electron chi connectivity index (χ1n) is 11.5. The molecule has 4 rings (SSSR count). The molecular formula is C26H29FN6O2. The van der Waals surface area contributed by atoms with Crippen molar-refractivity contribution in [3.8, 4) is 0 Å². The second-order valence-corrected chi connectivity index (χ2v) is 9.15. The number of benzene rings is 2. The summed E-state index contributed by atoms with van der Waals surface area (Å²) in [4.78, 5) is 29.0. The maximum Gasteiger partial charge on any atom is 0.249 e. The molecule has 0 aliphatic rings. The predicted octanol–water partition coefficient (Wildman–Crippen LogP) is 3.99. The Hall–Kier alpha value is -4.01. The van der Waals surface area contributed by atoms with E-state index in [1.807, 2.05) is 39.0 Å². The van der Waals surface area contributed by atoms with Gasteiger partial charge in [0, 0.05) is 24.5 Å². The van der Waals surface area contributed by atoms with Gasteiger partial charge in [0.05, 0.1) is 11.2 Å². The van der Waals surface area contributed by atoms with Crippen LogP contribution in [0.3, 0.4) is 0 Å². The van der Waals surface area contributed by atoms with E-state index in [-0.39, 0.29) is 18.1 Å². The minimum absolute atomic E-state index is 0.178. The molecule has 1 unspecified atom stereocenters. The average Bonchev–Trinajstić information content (AvgIpc) is 3.43. The van der Waals surface area contributed by atoms with Crippen LogP contribution in [-0.2, 0) is 23.2 Å². The quantitative estimate of drug-likeness (QED) is 0.417. The minimum atomic E-state index is -1.04. The summed E-state index contributed by atoms with van der Waals surface area (Å²) in [6.07, 6.45) is 2.50. The molecule has 0 aliphatic heterocycles. The summed E-state index contributed by atoms with van der Waals surface area (Å²) in [6.45, 7) is 5.64. The number of nitrogens with zero attached hydrogens (tertiary/aromatic N) is 5. The summed E-state index contributed by atoms with van der Waals surface area (Å²) in [5.41, 5.74) is 1.70. The number of nitrogens with one attached hydrogen (secondary N) is 1. The number of aryl methyl sites for hydroxylation is 1. The molecule has 1 N–H and O–H groups in total. The van der Waals surface area contributed by atoms with Gasteiger partial charge in [-0.2, -0.15) is 0 Å². The van der Waals surface area contributed by atoms with Crippen molar-refractivity contribution in [1.82, 2.24) is 24.9 Å². The fraction of sp³-hybridized carbons (Fsp3) is 0.308. The number of halogens is 1. The zero-order valence-electron chi connectivity index (χ0n) is 20.3. The van der Waals surface area contributed by atoms with E-state index in [9.17, 15) is 14.0 Å². The molecule has 4 aromatic rings. The molecule has 35 heavy (non-hydrogen) atoms. The van der Waals surface area contributed by atoms with Gasteiger partial charge < -0.3 is 9.88 Å². The van der Waals surface area contributed by atoms with Crippen LogP contribution in [0.2, 0.25) is 0 Å². The lowest BCUT2D eigenvalue weighted by atomic mass is 10.00. The van der Waals surface area contributed by atoms with Gasteiger partial charge in [0.1, 0.15) is 17.9 Å². The Morgan fingerprint density at radius 1 is 1.11 bits per heavy atom. The van der Waals surface area contributed by atoms with Crippen LogP contribution in [0.15, 0.2) is 66.9 Å². The Labute approximate surface area is 203 Å². The number of hydrogen-bond acceptors (Lipinski definition) is 4. The van der Waals surface area contributed by atoms with Crippen molar-refractivity contribution in [2.45, 2.75) is 45.3 Å². The number of anilines is 1. The first-order valence-corrected chi connectivity index (χ1v) is 11.5. The van der Waals surface area contributed by atoms with Crippen molar-refractivity contribution in [2.75, 3.05) is 4.90 Å². The smallest absolute Gasteiger partial charge is 0.249 e. The number of para-hydroxylation sites is 1. The highest BCUT2D eigenvalue weighted by molar-refractivity contribution is 6.01. The maximum atomic E-state index is 14.3. The normalized spacial score (nSPS) is 12.5. The van der Waals surface area contributed by atoms with Crippen molar-refractivity contribution in [3.63, 3.8) is 0 Å². The van der Waals surface area contributed by atoms with Crippen LogP contribution in [0.1, 0.15) is 38.9 Å². The first kappa shape index (κ1) is 24.1. The molecule has 8 nitrogen and oxygen atoms in total. The van der Waals surface area contributed by atoms with Gasteiger partial charge in [-0.15, -0.1) is 5.10 Å². The Balaban J connectivity index is 1.81. The molecule has 2 aromatic carbocycles. The summed E-state index contributed by atoms with van der Waals surface area (Å²) in [7, 11) is 1.81. The number of fused-ring (bicyclic) bond motifs is 1. The third-order valence-corrected chi connectivity index (χ3v) is 6.18. The maximum absolute atomic E-state index is 14.3. The lowest BCUT2D eigenvalue weighted by Gasteiger charge is -2.34. The van der Waals surface area contributed by atoms with E-state index in [4.69, 9.17) is 0 Å². The molecule has 182 valence electrons. The fourth-order valence-corrected chi connectivity index (χ4v) is 3.93. The molecule has 9 heteroatoms. The van der Waals surface area contributed by atoms with Gasteiger partial charge in [0.25, 0.3) is 0 Å². The van der Waals surface area contributed by atoms with Crippen molar-refractivity contribution < 1.29 is 14.0 Å². The average molecular weight is 477 g/mol. The molecule has 2 aromatic heterocycles. The van der Waals surface area contributed by atoms with Crippen LogP contribution >= 0.6 is 0 Å². The lowest BCUT2D eigenvalue weighted by Crippen LogP contribution is -2.51. The Morgan fingerprint density at radius 2 is 1.89 bits per heavy atom. The van der Waals surface area contributed by atoms with Gasteiger partial charge >= 0.3 is 0 Å². The fourth-order valence-electron chi connectivity index (χ4n) is 3.93. The van der Waals surface area contributed by atoms with Crippen molar-refractivity contribution in [3.05, 3.63) is 78.4 Å². The molecule has 0 fully saturated rings. The molecule has 0 saturated heterocycles. The highest BCUT2D eigenvalue weighted by atomic mass is 19.1. The summed E-state index contributed by atoms with van der Waals surface area (Å²) in [6, 6.07) is 15.6. The number of rotatable bonds is 8. The molecular weight excluding hydrogens is 447 g/mol. The van der Waals surface area contributed by atoms with Crippen molar-refractivity contribution in [1.29, 1.82) is 0 Å². The number of hydrogen-bond donors (Lipinski definition) is 1. The SMILES string of the molecule is CCC(C)(C)NC(=O)C(c1cccn1C)N(C(=O)Cn1nnc2ccccc21)c1cccc(F)c1. The summed E-state index contributed by atoms with van der Waals surface area (Å²) in [5, 5.41) is 11.3. The molecule has 2 amide bonds. The van der Waals surface area contributed by atoms with E-state index in [0.717, 1.165) is 0 Å². The van der Waals surface area contributed by atoms with Gasteiger partial charge in [-0.05, 0) is 62.7 Å². The first-order chi connectivity index (χ1) is 16.7. The highest BCUT2D eigenvalue weighted by Gasteiger charge is 2.36. The third kappa shape index (κ3) is 5.08. The van der Waals surface area contributed by atoms with Crippen LogP contribution in [0, 0.1) is 5.82 Å². The Morgan fingerprint density at radius 3 is 2.57 bits per heavy atom. The number of amides is 2. The second-order valence-electron chi connectivity index (χ2n) is 9.15. The summed E-state index contributed by atoms with van der Waals surface area (Å²) < 4.78 is 17.6. The summed E-state index contributed by atoms with van der Waals surface area (Å²) in [5.74, 6) is -1.30. The van der Waals surface area contributed by atoms with E-state index >= 15 is 0 Å². The van der Waals surface area contributed by atoms with E-state index in [1.165, 1.54) is 27.8 Å². The van der Waals surface area contributed by atoms with Crippen LogP contribution < -0.4 is 10.2 Å². The van der Waals surface area contributed by atoms with Gasteiger partial charge in [-0.1, -0.05) is 30.3 Å². The Kier molecular flexibility index (Phi) is 6.68. The molecule has 0 saturated carbocycles. The van der Waals surface area contributed by atoms with Crippen LogP contribution in [0.5, 0.6) is 0 Å². The molecule has 1 atom stereocenters. The zero-order chi connectivity index (χ0) is 25.2. The van der Waals surface area contributed by atoms with E-state index < -0.39 is 23.3 Å². The number of carbonyl (C=O) groups excluding carboxylic acids is 2. The van der Waals surface area contributed by atoms with Gasteiger partial charge in [0.2, 0.25) is 11.8 Å². The van der Waals surface area contributed by atoms with Crippen LogP contribution in [0.25, 0.3) is 11.0 Å². The lowest BCUT2D eigenvalue weighted by molar-refractivity contribution is -0.128. The van der Waals surface area contributed by atoms with Crippen LogP contribution in [0.4, 0.5) is 10.1 Å². The molecule has 0 spiro atoms. The van der Waals surface area contributed by atoms with E-state index in [1.54, 1.807) is 42.1 Å². The monoisotopic (exact) mass is 476 g/mol. The Bertz CT molecular complexity index is 1360. The van der Waals surface area contributed by atoms with Crippen molar-refractivity contribution in [2.24, 2.45) is 7.05 Å². The van der Waals surface area contributed by atoms with E-state index in [0.29, 0.717) is 23.1 Å². The number of carbonyl (C=O) groups is 2. The van der Waals surface area contributed by atoms with Gasteiger partial charge in [-0.25, -0.2) is 9.07 Å². The minimum Gasteiger partial charge on any atom is -0.352 e. The molecule has 0 aliphatic carbocycles. The van der Waals surface area contributed by atoms with Crippen LogP contribution in [-0.4, -0.2) is 36.9 Å². The second kappa shape index (κ2) is 9.69. The van der Waals surface area contributed by atoms with Crippen molar-refractivity contribution >= 4 is 28.5 Å². The summed E-state index contributed by atoms with van der Waals surface area (Å²) >= 11 is 0. The third-order valence-electron chi connectivity index (χ3n) is 6.18. The highest BCUT2D eigenvalue weighted by Crippen LogP contribution is 2.30. The van der Waals surface area contributed by atoms with Gasteiger partial charge in [-0.3, -0.25) is 14.5 Å². The topological polar surface area (TPSA) is 85.0 Å². The predicted molar refractivity (Wildman–Crippen MR) is 132 cm³/mol. The molecule has 2 heterocycles.